The first-order chi connectivity index (χ1) is 15.3. The van der Waals surface area contributed by atoms with Gasteiger partial charge in [-0.05, 0) is 25.1 Å². The summed E-state index contributed by atoms with van der Waals surface area (Å²) in [5.74, 6) is -3.16. The van der Waals surface area contributed by atoms with Gasteiger partial charge in [-0.25, -0.2) is 13.8 Å². The highest BCUT2D eigenvalue weighted by Crippen LogP contribution is 2.26. The molecule has 2 N–H and O–H groups in total. The van der Waals surface area contributed by atoms with Gasteiger partial charge in [0.05, 0.1) is 28.9 Å². The molecule has 0 bridgehead atoms. The van der Waals surface area contributed by atoms with E-state index in [0.717, 1.165) is 17.7 Å². The van der Waals surface area contributed by atoms with Gasteiger partial charge in [0.15, 0.2) is 17.3 Å². The molecule has 0 atom stereocenters. The van der Waals surface area contributed by atoms with E-state index in [1.807, 2.05) is 30.3 Å². The van der Waals surface area contributed by atoms with Crippen LogP contribution in [0.4, 0.5) is 14.5 Å². The zero-order chi connectivity index (χ0) is 22.8. The number of fused-ring (bicyclic) bond motifs is 1. The second kappa shape index (κ2) is 8.54. The van der Waals surface area contributed by atoms with Crippen LogP contribution < -0.4 is 10.6 Å². The maximum Gasteiger partial charge on any atom is 0.252 e. The topological polar surface area (TPSA) is 88.9 Å². The Morgan fingerprint density at radius 1 is 1.03 bits per heavy atom. The number of hydrogen-bond acceptors (Lipinski definition) is 4. The Hall–Kier alpha value is -4.14. The minimum Gasteiger partial charge on any atom is -0.343 e. The molecule has 0 radical (unpaired) electrons. The van der Waals surface area contributed by atoms with E-state index >= 15 is 0 Å². The van der Waals surface area contributed by atoms with Gasteiger partial charge in [-0.1, -0.05) is 30.3 Å². The van der Waals surface area contributed by atoms with Crippen molar-refractivity contribution in [3.8, 4) is 11.3 Å². The Balaban J connectivity index is 1.58. The number of anilines is 1. The molecule has 7 nitrogen and oxygen atoms in total. The van der Waals surface area contributed by atoms with Gasteiger partial charge in [0.1, 0.15) is 0 Å². The largest absolute Gasteiger partial charge is 0.343 e. The van der Waals surface area contributed by atoms with Crippen molar-refractivity contribution in [3.63, 3.8) is 0 Å². The normalized spacial score (nSPS) is 10.9. The first-order valence-corrected chi connectivity index (χ1v) is 9.76. The highest BCUT2D eigenvalue weighted by Gasteiger charge is 2.20. The second-order valence-electron chi connectivity index (χ2n) is 7.19. The SMILES string of the molecule is Cc1nn(C)c2nc(-c3ccccc3)cc(C(=O)NCC(=O)Nc3ccc(F)c(F)c3)c12. The van der Waals surface area contributed by atoms with Crippen LogP contribution in [0, 0.1) is 18.6 Å². The molecule has 0 spiro atoms. The van der Waals surface area contributed by atoms with Crippen LogP contribution in [0.15, 0.2) is 54.6 Å². The Labute approximate surface area is 182 Å². The maximum atomic E-state index is 13.3. The molecule has 4 rings (SSSR count). The summed E-state index contributed by atoms with van der Waals surface area (Å²) in [6.45, 7) is 1.42. The second-order valence-corrected chi connectivity index (χ2v) is 7.19. The van der Waals surface area contributed by atoms with Gasteiger partial charge in [-0.2, -0.15) is 5.10 Å². The van der Waals surface area contributed by atoms with Crippen LogP contribution >= 0.6 is 0 Å². The van der Waals surface area contributed by atoms with Crippen molar-refractivity contribution in [2.24, 2.45) is 7.05 Å². The summed E-state index contributed by atoms with van der Waals surface area (Å²) in [5, 5.41) is 9.94. The Morgan fingerprint density at radius 2 is 1.78 bits per heavy atom. The lowest BCUT2D eigenvalue weighted by Crippen LogP contribution is -2.33. The Kier molecular flexibility index (Phi) is 5.63. The molecule has 0 fully saturated rings. The van der Waals surface area contributed by atoms with Gasteiger partial charge in [-0.3, -0.25) is 14.3 Å². The lowest BCUT2D eigenvalue weighted by Gasteiger charge is -2.10. The quantitative estimate of drug-likeness (QED) is 0.502. The van der Waals surface area contributed by atoms with Crippen LogP contribution in [0.2, 0.25) is 0 Å². The molecule has 9 heteroatoms. The molecule has 2 amide bonds. The van der Waals surface area contributed by atoms with Crippen LogP contribution in [0.25, 0.3) is 22.3 Å². The van der Waals surface area contributed by atoms with E-state index in [-0.39, 0.29) is 12.2 Å². The highest BCUT2D eigenvalue weighted by atomic mass is 19.2. The van der Waals surface area contributed by atoms with Gasteiger partial charge in [-0.15, -0.1) is 0 Å². The monoisotopic (exact) mass is 435 g/mol. The number of pyridine rings is 1. The predicted molar refractivity (Wildman–Crippen MR) is 116 cm³/mol. The van der Waals surface area contributed by atoms with E-state index in [0.29, 0.717) is 28.0 Å². The molecule has 32 heavy (non-hydrogen) atoms. The molecule has 0 saturated carbocycles. The van der Waals surface area contributed by atoms with Crippen LogP contribution in [0.5, 0.6) is 0 Å². The van der Waals surface area contributed by atoms with Crippen molar-refractivity contribution in [2.45, 2.75) is 6.92 Å². The molecule has 0 unspecified atom stereocenters. The summed E-state index contributed by atoms with van der Waals surface area (Å²) >= 11 is 0. The van der Waals surface area contributed by atoms with E-state index in [1.165, 1.54) is 6.07 Å². The van der Waals surface area contributed by atoms with E-state index in [4.69, 9.17) is 0 Å². The van der Waals surface area contributed by atoms with Gasteiger partial charge < -0.3 is 10.6 Å². The summed E-state index contributed by atoms with van der Waals surface area (Å²) < 4.78 is 28.0. The summed E-state index contributed by atoms with van der Waals surface area (Å²) in [6.07, 6.45) is 0. The number of nitrogens with one attached hydrogen (secondary N) is 2. The molecule has 2 aromatic carbocycles. The van der Waals surface area contributed by atoms with Crippen molar-refractivity contribution in [2.75, 3.05) is 11.9 Å². The first-order valence-electron chi connectivity index (χ1n) is 9.76. The number of aromatic nitrogens is 3. The van der Waals surface area contributed by atoms with Gasteiger partial charge in [0.25, 0.3) is 5.91 Å². The molecule has 4 aromatic rings. The summed E-state index contributed by atoms with van der Waals surface area (Å²) in [6, 6.07) is 14.1. The molecular formula is C23H19F2N5O2. The van der Waals surface area contributed by atoms with Crippen molar-refractivity contribution < 1.29 is 18.4 Å². The zero-order valence-corrected chi connectivity index (χ0v) is 17.3. The summed E-state index contributed by atoms with van der Waals surface area (Å²) in [4.78, 5) is 29.8. The van der Waals surface area contributed by atoms with Gasteiger partial charge >= 0.3 is 0 Å². The standard InChI is InChI=1S/C23H19F2N5O2/c1-13-21-16(11-19(14-6-4-3-5-7-14)28-22(21)30(2)29-13)23(32)26-12-20(31)27-15-8-9-17(24)18(25)10-15/h3-11H,12H2,1-2H3,(H,26,32)(H,27,31). The van der Waals surface area contributed by atoms with Crippen molar-refractivity contribution >= 4 is 28.5 Å². The Bertz CT molecular complexity index is 1340. The van der Waals surface area contributed by atoms with Gasteiger partial charge in [0, 0.05) is 24.4 Å². The first kappa shape index (κ1) is 21.1. The molecule has 2 aromatic heterocycles. The number of rotatable bonds is 5. The fourth-order valence-corrected chi connectivity index (χ4v) is 3.42. The Morgan fingerprint density at radius 3 is 2.50 bits per heavy atom. The zero-order valence-electron chi connectivity index (χ0n) is 17.3. The number of carbonyl (C=O) groups excluding carboxylic acids is 2. The van der Waals surface area contributed by atoms with Crippen LogP contribution in [0.3, 0.4) is 0 Å². The number of carbonyl (C=O) groups is 2. The highest BCUT2D eigenvalue weighted by molar-refractivity contribution is 6.08. The molecule has 2 heterocycles. The molecule has 0 aliphatic rings. The van der Waals surface area contributed by atoms with Crippen LogP contribution in [0.1, 0.15) is 16.1 Å². The molecule has 0 aliphatic carbocycles. The molecule has 0 aliphatic heterocycles. The average Bonchev–Trinajstić information content (AvgIpc) is 3.08. The minimum absolute atomic E-state index is 0.0870. The molecule has 162 valence electrons. The number of nitrogens with zero attached hydrogens (tertiary/aromatic N) is 3. The molecular weight excluding hydrogens is 416 g/mol. The van der Waals surface area contributed by atoms with Crippen LogP contribution in [-0.2, 0) is 11.8 Å². The molecule has 0 saturated heterocycles. The van der Waals surface area contributed by atoms with E-state index in [1.54, 1.807) is 24.7 Å². The number of halogens is 2. The smallest absolute Gasteiger partial charge is 0.252 e. The van der Waals surface area contributed by atoms with E-state index in [9.17, 15) is 18.4 Å². The fourth-order valence-electron chi connectivity index (χ4n) is 3.42. The fraction of sp³-hybridized carbons (Fsp3) is 0.130. The van der Waals surface area contributed by atoms with Crippen LogP contribution in [-0.4, -0.2) is 33.1 Å². The van der Waals surface area contributed by atoms with E-state index < -0.39 is 23.4 Å². The number of benzene rings is 2. The third kappa shape index (κ3) is 4.18. The number of aryl methyl sites for hydroxylation is 2. The van der Waals surface area contributed by atoms with Crippen molar-refractivity contribution in [1.82, 2.24) is 20.1 Å². The lowest BCUT2D eigenvalue weighted by molar-refractivity contribution is -0.115. The van der Waals surface area contributed by atoms with E-state index in [2.05, 4.69) is 20.7 Å². The third-order valence-electron chi connectivity index (χ3n) is 4.90. The third-order valence-corrected chi connectivity index (χ3v) is 4.90. The maximum absolute atomic E-state index is 13.3. The summed E-state index contributed by atoms with van der Waals surface area (Å²) in [7, 11) is 1.74. The van der Waals surface area contributed by atoms with Crippen molar-refractivity contribution in [3.05, 3.63) is 77.5 Å². The average molecular weight is 435 g/mol. The van der Waals surface area contributed by atoms with Gasteiger partial charge in [0.2, 0.25) is 5.91 Å². The number of amides is 2. The van der Waals surface area contributed by atoms with Crippen molar-refractivity contribution in [1.29, 1.82) is 0 Å². The number of hydrogen-bond donors (Lipinski definition) is 2. The summed E-state index contributed by atoms with van der Waals surface area (Å²) in [5.41, 5.74) is 3.02. The predicted octanol–water partition coefficient (Wildman–Crippen LogP) is 3.59. The minimum atomic E-state index is -1.08. The lowest BCUT2D eigenvalue weighted by atomic mass is 10.0.